The number of halogens is 1. The molecule has 38 heavy (non-hydrogen) atoms. The highest BCUT2D eigenvalue weighted by Gasteiger charge is 2.17. The summed E-state index contributed by atoms with van der Waals surface area (Å²) in [6.45, 7) is 1.65. The van der Waals surface area contributed by atoms with Crippen molar-refractivity contribution in [1.29, 1.82) is 0 Å². The second-order valence-corrected chi connectivity index (χ2v) is 8.98. The molecular formula is C31H23ClN2O4. The van der Waals surface area contributed by atoms with Crippen molar-refractivity contribution >= 4 is 51.2 Å². The number of amides is 1. The van der Waals surface area contributed by atoms with Crippen LogP contribution in [0.2, 0.25) is 5.02 Å². The molecule has 0 fully saturated rings. The molecule has 0 heterocycles. The molecule has 5 rings (SSSR count). The standard InChI is InChI=1S/C31H23ClN2O4/c1-20(37-24-16-14-21-8-2-3-10-23(21)18-24)30(35)34-33-19-27-25-11-5-4-9-22(25)15-17-29(27)38-31(36)26-12-6-7-13-28(26)32/h2-20H,1H3,(H,34,35)/b33-19-/t20-/m0/s1. The van der Waals surface area contributed by atoms with E-state index in [0.29, 0.717) is 16.3 Å². The van der Waals surface area contributed by atoms with E-state index in [9.17, 15) is 9.59 Å². The molecular weight excluding hydrogens is 500 g/mol. The summed E-state index contributed by atoms with van der Waals surface area (Å²) >= 11 is 6.17. The molecule has 1 amide bonds. The van der Waals surface area contributed by atoms with E-state index >= 15 is 0 Å². The normalized spacial score (nSPS) is 11.9. The van der Waals surface area contributed by atoms with E-state index in [2.05, 4.69) is 10.5 Å². The van der Waals surface area contributed by atoms with Gasteiger partial charge in [-0.15, -0.1) is 0 Å². The van der Waals surface area contributed by atoms with Gasteiger partial charge in [0.15, 0.2) is 6.10 Å². The molecule has 0 aliphatic rings. The quantitative estimate of drug-likeness (QED) is 0.111. The number of nitrogens with zero attached hydrogens (tertiary/aromatic N) is 1. The molecule has 0 unspecified atom stereocenters. The smallest absolute Gasteiger partial charge is 0.345 e. The summed E-state index contributed by atoms with van der Waals surface area (Å²) in [7, 11) is 0. The minimum absolute atomic E-state index is 0.248. The summed E-state index contributed by atoms with van der Waals surface area (Å²) in [6.07, 6.45) is 0.663. The van der Waals surface area contributed by atoms with Crippen molar-refractivity contribution in [3.8, 4) is 11.5 Å². The van der Waals surface area contributed by atoms with Gasteiger partial charge in [-0.1, -0.05) is 84.4 Å². The van der Waals surface area contributed by atoms with Crippen LogP contribution in [0.4, 0.5) is 0 Å². The van der Waals surface area contributed by atoms with Crippen LogP contribution in [0.15, 0.2) is 108 Å². The maximum atomic E-state index is 12.8. The van der Waals surface area contributed by atoms with Gasteiger partial charge in [-0.3, -0.25) is 4.79 Å². The van der Waals surface area contributed by atoms with Crippen LogP contribution >= 0.6 is 11.6 Å². The Balaban J connectivity index is 1.33. The number of benzene rings is 5. The summed E-state index contributed by atoms with van der Waals surface area (Å²) in [5.74, 6) is -0.156. The second-order valence-electron chi connectivity index (χ2n) is 8.57. The molecule has 1 atom stereocenters. The number of hydrazone groups is 1. The van der Waals surface area contributed by atoms with Crippen molar-refractivity contribution in [3.05, 3.63) is 119 Å². The molecule has 5 aromatic rings. The van der Waals surface area contributed by atoms with Crippen molar-refractivity contribution in [2.45, 2.75) is 13.0 Å². The Bertz CT molecular complexity index is 1680. The number of rotatable bonds is 7. The van der Waals surface area contributed by atoms with Crippen molar-refractivity contribution in [2.75, 3.05) is 0 Å². The first-order valence-electron chi connectivity index (χ1n) is 12.0. The van der Waals surface area contributed by atoms with Crippen LogP contribution < -0.4 is 14.9 Å². The summed E-state index contributed by atoms with van der Waals surface area (Å²) in [5.41, 5.74) is 3.30. The van der Waals surface area contributed by atoms with E-state index < -0.39 is 18.0 Å². The van der Waals surface area contributed by atoms with Crippen LogP contribution in [-0.4, -0.2) is 24.2 Å². The van der Waals surface area contributed by atoms with E-state index in [1.54, 1.807) is 37.3 Å². The Morgan fingerprint density at radius 2 is 1.53 bits per heavy atom. The van der Waals surface area contributed by atoms with Gasteiger partial charge in [0.1, 0.15) is 11.5 Å². The number of carbonyl (C=O) groups is 2. The van der Waals surface area contributed by atoms with Crippen molar-refractivity contribution in [1.82, 2.24) is 5.43 Å². The predicted molar refractivity (Wildman–Crippen MR) is 150 cm³/mol. The van der Waals surface area contributed by atoms with Crippen LogP contribution in [0.25, 0.3) is 21.5 Å². The Kier molecular flexibility index (Phi) is 7.33. The highest BCUT2D eigenvalue weighted by Crippen LogP contribution is 2.28. The van der Waals surface area contributed by atoms with E-state index in [-0.39, 0.29) is 11.3 Å². The zero-order chi connectivity index (χ0) is 26.5. The van der Waals surface area contributed by atoms with E-state index in [1.165, 1.54) is 6.21 Å². The Morgan fingerprint density at radius 1 is 0.842 bits per heavy atom. The fourth-order valence-corrected chi connectivity index (χ4v) is 4.24. The van der Waals surface area contributed by atoms with Gasteiger partial charge in [-0.2, -0.15) is 5.10 Å². The highest BCUT2D eigenvalue weighted by atomic mass is 35.5. The first-order chi connectivity index (χ1) is 18.5. The molecule has 188 valence electrons. The first kappa shape index (κ1) is 25.0. The topological polar surface area (TPSA) is 77.0 Å². The molecule has 0 radical (unpaired) electrons. The number of esters is 1. The number of hydrogen-bond donors (Lipinski definition) is 1. The van der Waals surface area contributed by atoms with Crippen LogP contribution in [-0.2, 0) is 4.79 Å². The molecule has 1 N–H and O–H groups in total. The summed E-state index contributed by atoms with van der Waals surface area (Å²) < 4.78 is 11.5. The summed E-state index contributed by atoms with van der Waals surface area (Å²) in [6, 6.07) is 31.4. The van der Waals surface area contributed by atoms with Crippen LogP contribution in [0, 0.1) is 0 Å². The molecule has 0 spiro atoms. The van der Waals surface area contributed by atoms with Gasteiger partial charge in [0.05, 0.1) is 16.8 Å². The van der Waals surface area contributed by atoms with E-state index in [0.717, 1.165) is 21.5 Å². The molecule has 0 aliphatic heterocycles. The van der Waals surface area contributed by atoms with E-state index in [1.807, 2.05) is 72.8 Å². The average Bonchev–Trinajstić information content (AvgIpc) is 2.94. The number of hydrogen-bond acceptors (Lipinski definition) is 5. The number of nitrogens with one attached hydrogen (secondary N) is 1. The van der Waals surface area contributed by atoms with Crippen LogP contribution in [0.3, 0.4) is 0 Å². The van der Waals surface area contributed by atoms with Crippen molar-refractivity contribution in [3.63, 3.8) is 0 Å². The van der Waals surface area contributed by atoms with Gasteiger partial charge in [-0.25, -0.2) is 10.2 Å². The minimum Gasteiger partial charge on any atom is -0.481 e. The van der Waals surface area contributed by atoms with Gasteiger partial charge >= 0.3 is 5.97 Å². The van der Waals surface area contributed by atoms with Crippen molar-refractivity contribution in [2.24, 2.45) is 5.10 Å². The molecule has 0 aromatic heterocycles. The zero-order valence-electron chi connectivity index (χ0n) is 20.4. The Morgan fingerprint density at radius 3 is 2.34 bits per heavy atom. The average molecular weight is 523 g/mol. The summed E-state index contributed by atoms with van der Waals surface area (Å²) in [5, 5.41) is 8.26. The van der Waals surface area contributed by atoms with Gasteiger partial charge < -0.3 is 9.47 Å². The number of ether oxygens (including phenoxy) is 2. The van der Waals surface area contributed by atoms with Crippen molar-refractivity contribution < 1.29 is 19.1 Å². The van der Waals surface area contributed by atoms with Gasteiger partial charge in [-0.05, 0) is 58.8 Å². The minimum atomic E-state index is -0.793. The van der Waals surface area contributed by atoms with Gasteiger partial charge in [0, 0.05) is 5.56 Å². The van der Waals surface area contributed by atoms with Crippen LogP contribution in [0.1, 0.15) is 22.8 Å². The molecule has 0 bridgehead atoms. The molecule has 0 aliphatic carbocycles. The second kappa shape index (κ2) is 11.2. The van der Waals surface area contributed by atoms with Gasteiger partial charge in [0.25, 0.3) is 5.91 Å². The van der Waals surface area contributed by atoms with Crippen LogP contribution in [0.5, 0.6) is 11.5 Å². The Labute approximate surface area is 224 Å². The lowest BCUT2D eigenvalue weighted by Gasteiger charge is -2.14. The SMILES string of the molecule is C[C@H](Oc1ccc2ccccc2c1)C(=O)N/N=C\c1c(OC(=O)c2ccccc2Cl)ccc2ccccc12. The lowest BCUT2D eigenvalue weighted by Crippen LogP contribution is -2.33. The first-order valence-corrected chi connectivity index (χ1v) is 12.3. The summed E-state index contributed by atoms with van der Waals surface area (Å²) in [4.78, 5) is 25.5. The maximum Gasteiger partial charge on any atom is 0.345 e. The fraction of sp³-hybridized carbons (Fsp3) is 0.0645. The molecule has 5 aromatic carbocycles. The molecule has 6 nitrogen and oxygen atoms in total. The third-order valence-electron chi connectivity index (χ3n) is 6.00. The molecule has 0 saturated carbocycles. The third-order valence-corrected chi connectivity index (χ3v) is 6.33. The maximum absolute atomic E-state index is 12.8. The predicted octanol–water partition coefficient (Wildman–Crippen LogP) is 6.78. The zero-order valence-corrected chi connectivity index (χ0v) is 21.2. The Hall–Kier alpha value is -4.68. The fourth-order valence-electron chi connectivity index (χ4n) is 4.03. The van der Waals surface area contributed by atoms with Gasteiger partial charge in [0.2, 0.25) is 0 Å². The monoisotopic (exact) mass is 522 g/mol. The number of carbonyl (C=O) groups excluding carboxylic acids is 2. The number of fused-ring (bicyclic) bond motifs is 2. The molecule has 7 heteroatoms. The third kappa shape index (κ3) is 5.51. The largest absolute Gasteiger partial charge is 0.481 e. The lowest BCUT2D eigenvalue weighted by molar-refractivity contribution is -0.127. The highest BCUT2D eigenvalue weighted by molar-refractivity contribution is 6.33. The van der Waals surface area contributed by atoms with E-state index in [4.69, 9.17) is 21.1 Å². The molecule has 0 saturated heterocycles. The lowest BCUT2D eigenvalue weighted by atomic mass is 10.0.